The lowest BCUT2D eigenvalue weighted by atomic mass is 9.63. The van der Waals surface area contributed by atoms with Gasteiger partial charge in [0, 0.05) is 53.5 Å². The number of allylic oxidation sites excluding steroid dienone is 3. The smallest absolute Gasteiger partial charge is 0.287 e. The molecular weight excluding hydrogens is 677 g/mol. The van der Waals surface area contributed by atoms with Crippen molar-refractivity contribution in [2.45, 2.75) is 83.1 Å². The monoisotopic (exact) mass is 724 g/mol. The van der Waals surface area contributed by atoms with E-state index in [2.05, 4.69) is 93.9 Å². The number of nitrogens with zero attached hydrogens (tertiary/aromatic N) is 4. The van der Waals surface area contributed by atoms with Gasteiger partial charge in [0.1, 0.15) is 0 Å². The molecule has 6 N–H and O–H groups in total. The fourth-order valence-corrected chi connectivity index (χ4v) is 8.89. The molecule has 4 aliphatic rings. The number of fused-ring (bicyclic) bond motifs is 6. The Morgan fingerprint density at radius 1 is 0.963 bits per heavy atom. The number of rotatable bonds is 10. The summed E-state index contributed by atoms with van der Waals surface area (Å²) in [7, 11) is 0. The van der Waals surface area contributed by atoms with Gasteiger partial charge in [-0.3, -0.25) is 19.9 Å². The lowest BCUT2D eigenvalue weighted by Gasteiger charge is -2.48. The van der Waals surface area contributed by atoms with Crippen LogP contribution in [0.1, 0.15) is 75.6 Å². The molecule has 7 rings (SSSR count). The summed E-state index contributed by atoms with van der Waals surface area (Å²) in [5.41, 5.74) is 4.32. The van der Waals surface area contributed by atoms with Crippen LogP contribution in [-0.2, 0) is 0 Å². The Kier molecular flexibility index (Phi) is 9.34. The molecule has 2 amide bonds. The van der Waals surface area contributed by atoms with E-state index in [0.29, 0.717) is 12.8 Å². The van der Waals surface area contributed by atoms with E-state index in [-0.39, 0.29) is 41.5 Å². The molecule has 4 aliphatic heterocycles. The van der Waals surface area contributed by atoms with Gasteiger partial charge in [-0.05, 0) is 112 Å². The van der Waals surface area contributed by atoms with Crippen LogP contribution >= 0.6 is 0 Å². The molecule has 278 valence electrons. The van der Waals surface area contributed by atoms with Crippen LogP contribution in [0.5, 0.6) is 0 Å². The Hall–Kier alpha value is -5.88. The van der Waals surface area contributed by atoms with E-state index < -0.39 is 16.6 Å². The van der Waals surface area contributed by atoms with Crippen LogP contribution in [0, 0.1) is 5.92 Å². The van der Waals surface area contributed by atoms with Crippen LogP contribution in [0.4, 0.5) is 0 Å². The number of nitrogens with one attached hydrogen (secondary N) is 6. The summed E-state index contributed by atoms with van der Waals surface area (Å²) in [4.78, 5) is 55.0. The first kappa shape index (κ1) is 36.5. The minimum absolute atomic E-state index is 0.236. The molecule has 3 aromatic heterocycles. The van der Waals surface area contributed by atoms with Gasteiger partial charge in [-0.25, -0.2) is 15.0 Å². The van der Waals surface area contributed by atoms with E-state index in [4.69, 9.17) is 9.98 Å². The zero-order valence-corrected chi connectivity index (χ0v) is 31.7. The number of H-pyrrole nitrogens is 3. The molecule has 54 heavy (non-hydrogen) atoms. The lowest BCUT2D eigenvalue weighted by molar-refractivity contribution is 0.0908. The molecule has 12 heteroatoms. The molecule has 12 nitrogen and oxygen atoms in total. The van der Waals surface area contributed by atoms with Crippen molar-refractivity contribution in [2.75, 3.05) is 0 Å². The van der Waals surface area contributed by atoms with Gasteiger partial charge in [-0.15, -0.1) is 6.58 Å². The average molecular weight is 725 g/mol. The summed E-state index contributed by atoms with van der Waals surface area (Å²) in [6.07, 6.45) is 21.5. The first-order valence-electron chi connectivity index (χ1n) is 18.4. The third-order valence-corrected chi connectivity index (χ3v) is 11.4. The molecule has 6 atom stereocenters. The molecular formula is C42H48N10O2. The largest absolute Gasteiger partial charge is 0.355 e. The first-order valence-corrected chi connectivity index (χ1v) is 18.4. The third kappa shape index (κ3) is 6.30. The van der Waals surface area contributed by atoms with Crippen LogP contribution in [0.2, 0.25) is 0 Å². The predicted octanol–water partition coefficient (Wildman–Crippen LogP) is 4.28. The molecule has 0 aromatic carbocycles. The lowest BCUT2D eigenvalue weighted by Crippen LogP contribution is -2.60. The van der Waals surface area contributed by atoms with Crippen LogP contribution < -0.4 is 26.6 Å². The van der Waals surface area contributed by atoms with Crippen molar-refractivity contribution in [3.05, 3.63) is 131 Å². The average Bonchev–Trinajstić information content (AvgIpc) is 3.99. The van der Waals surface area contributed by atoms with E-state index >= 15 is 0 Å². The minimum atomic E-state index is -0.903. The summed E-state index contributed by atoms with van der Waals surface area (Å²) in [5, 5.41) is 12.2. The first-order chi connectivity index (χ1) is 25.8. The maximum absolute atomic E-state index is 13.4. The summed E-state index contributed by atoms with van der Waals surface area (Å²) >= 11 is 0. The molecule has 6 unspecified atom stereocenters. The topological polar surface area (TPSA) is 168 Å². The number of carbonyl (C=O) groups is 2. The molecule has 0 fully saturated rings. The zero-order chi connectivity index (χ0) is 38.4. The second kappa shape index (κ2) is 13.8. The van der Waals surface area contributed by atoms with E-state index in [1.807, 2.05) is 56.4 Å². The summed E-state index contributed by atoms with van der Waals surface area (Å²) in [6.45, 7) is 21.3. The highest BCUT2D eigenvalue weighted by molar-refractivity contribution is 6.22. The predicted molar refractivity (Wildman–Crippen MR) is 213 cm³/mol. The van der Waals surface area contributed by atoms with Crippen molar-refractivity contribution in [1.82, 2.24) is 40.9 Å². The number of aromatic nitrogens is 5. The number of carbonyl (C=O) groups excluding carboxylic acids is 2. The van der Waals surface area contributed by atoms with Crippen LogP contribution in [0.25, 0.3) is 12.2 Å². The summed E-state index contributed by atoms with van der Waals surface area (Å²) in [5.74, 6) is -0.390. The summed E-state index contributed by atoms with van der Waals surface area (Å²) < 4.78 is 0. The van der Waals surface area contributed by atoms with Crippen molar-refractivity contribution < 1.29 is 9.59 Å². The van der Waals surface area contributed by atoms with E-state index in [1.165, 1.54) is 0 Å². The van der Waals surface area contributed by atoms with Gasteiger partial charge in [0.15, 0.2) is 11.6 Å². The van der Waals surface area contributed by atoms with E-state index in [0.717, 1.165) is 50.1 Å². The fraction of sp³-hybridized carbons (Fsp3) is 0.333. The van der Waals surface area contributed by atoms with Crippen LogP contribution in [0.15, 0.2) is 118 Å². The standard InChI is InChI=1S/C42H48N10O2/c1-9-33-27(6)41(10-2)28(7)42(22-25(4)48-39(54)37-45-17-18-46-37)34(19-24(3)47-38(53)36-43-15-16-44-36)26(5)35(51-42)21-31-12-11-29(49-31)20-30-13-14-32(50-30)23-40(33,8)52-41/h9-18,20-21,23-25,28,49,52H,1-2,19,22H2,3-8H3,(H,43,44)(H,45,46)(H,47,53)(H,48,54)/b29-20-,31-21-,32-23-. The maximum Gasteiger partial charge on any atom is 0.287 e. The Morgan fingerprint density at radius 3 is 2.22 bits per heavy atom. The molecule has 0 saturated carbocycles. The van der Waals surface area contributed by atoms with Gasteiger partial charge < -0.3 is 25.6 Å². The van der Waals surface area contributed by atoms with Crippen molar-refractivity contribution in [2.24, 2.45) is 15.9 Å². The minimum Gasteiger partial charge on any atom is -0.355 e. The second-order valence-corrected chi connectivity index (χ2v) is 15.0. The number of hydrogen-bond donors (Lipinski definition) is 6. The SMILES string of the molecule is C=CC1=C(C)C2(C=C)NC1(C)/C=C1/C=CC(=N1)/C=c1/cc/c([nH]1)=C/C1=NC(CC(C)NC(=O)c3ncc[nH]3)(C(CC(C)NC(=O)c3ncc[nH]3)=C1C)C2C. The fourth-order valence-electron chi connectivity index (χ4n) is 8.89. The number of aliphatic imine (C=N–C) groups is 2. The molecule has 0 radical (unpaired) electrons. The van der Waals surface area contributed by atoms with Gasteiger partial charge in [0.2, 0.25) is 0 Å². The van der Waals surface area contributed by atoms with Crippen LogP contribution in [-0.4, -0.2) is 76.9 Å². The van der Waals surface area contributed by atoms with Crippen LogP contribution in [0.3, 0.4) is 0 Å². The Labute approximate surface area is 315 Å². The zero-order valence-electron chi connectivity index (χ0n) is 31.7. The highest BCUT2D eigenvalue weighted by Gasteiger charge is 2.58. The van der Waals surface area contributed by atoms with E-state index in [9.17, 15) is 9.59 Å². The summed E-state index contributed by atoms with van der Waals surface area (Å²) in [6, 6.07) is 3.43. The normalized spacial score (nSPS) is 29.2. The van der Waals surface area contributed by atoms with Gasteiger partial charge in [0.05, 0.1) is 33.7 Å². The number of aromatic amines is 3. The molecule has 8 bridgehead atoms. The number of hydrogen-bond acceptors (Lipinski definition) is 7. The third-order valence-electron chi connectivity index (χ3n) is 11.4. The van der Waals surface area contributed by atoms with E-state index in [1.54, 1.807) is 24.8 Å². The van der Waals surface area contributed by atoms with Crippen molar-refractivity contribution >= 4 is 35.4 Å². The molecule has 0 aliphatic carbocycles. The van der Waals surface area contributed by atoms with Gasteiger partial charge in [0.25, 0.3) is 11.8 Å². The van der Waals surface area contributed by atoms with Gasteiger partial charge >= 0.3 is 0 Å². The van der Waals surface area contributed by atoms with Gasteiger partial charge in [-0.1, -0.05) is 25.7 Å². The number of amides is 2. The quantitative estimate of drug-likeness (QED) is 0.172. The maximum atomic E-state index is 13.4. The molecule has 3 aromatic rings. The highest BCUT2D eigenvalue weighted by atomic mass is 16.2. The Bertz CT molecular complexity index is 2330. The van der Waals surface area contributed by atoms with Crippen molar-refractivity contribution in [3.8, 4) is 0 Å². The molecule has 0 saturated heterocycles. The van der Waals surface area contributed by atoms with Crippen molar-refractivity contribution in [1.29, 1.82) is 0 Å². The highest BCUT2D eigenvalue weighted by Crippen LogP contribution is 2.53. The van der Waals surface area contributed by atoms with Gasteiger partial charge in [-0.2, -0.15) is 0 Å². The number of imidazole rings is 2. The van der Waals surface area contributed by atoms with Crippen molar-refractivity contribution in [3.63, 3.8) is 0 Å². The Morgan fingerprint density at radius 2 is 1.61 bits per heavy atom. The molecule has 0 spiro atoms. The molecule has 7 heterocycles. The second-order valence-electron chi connectivity index (χ2n) is 15.0. The Balaban J connectivity index is 1.43.